The van der Waals surface area contributed by atoms with E-state index in [0.717, 1.165) is 19.6 Å². The van der Waals surface area contributed by atoms with Crippen LogP contribution in [-0.4, -0.2) is 48.5 Å². The summed E-state index contributed by atoms with van der Waals surface area (Å²) in [4.78, 5) is 14.3. The summed E-state index contributed by atoms with van der Waals surface area (Å²) in [6, 6.07) is 4.94. The van der Waals surface area contributed by atoms with Crippen molar-refractivity contribution in [3.63, 3.8) is 0 Å². The van der Waals surface area contributed by atoms with E-state index in [2.05, 4.69) is 10.2 Å². The van der Waals surface area contributed by atoms with Crippen molar-refractivity contribution in [3.8, 4) is 0 Å². The summed E-state index contributed by atoms with van der Waals surface area (Å²) in [5, 5.41) is 3.29. The van der Waals surface area contributed by atoms with Crippen LogP contribution in [0.3, 0.4) is 0 Å². The van der Waals surface area contributed by atoms with E-state index in [4.69, 9.17) is 17.3 Å². The number of carbonyl (C=O) groups is 1. The molecule has 2 rings (SSSR count). The second-order valence-electron chi connectivity index (χ2n) is 4.45. The van der Waals surface area contributed by atoms with Gasteiger partial charge in [-0.15, -0.1) is 0 Å². The highest BCUT2D eigenvalue weighted by atomic mass is 35.5. The van der Waals surface area contributed by atoms with E-state index in [1.807, 2.05) is 11.8 Å². The first-order chi connectivity index (χ1) is 9.16. The second kappa shape index (κ2) is 7.03. The molecule has 1 amide bonds. The van der Waals surface area contributed by atoms with Crippen molar-refractivity contribution in [1.82, 2.24) is 10.2 Å². The topological polar surface area (TPSA) is 58.4 Å². The maximum absolute atomic E-state index is 12.0. The van der Waals surface area contributed by atoms with Crippen molar-refractivity contribution < 1.29 is 4.79 Å². The van der Waals surface area contributed by atoms with Crippen LogP contribution in [0.2, 0.25) is 5.02 Å². The Hall–Kier alpha value is -0.910. The molecule has 6 heteroatoms. The van der Waals surface area contributed by atoms with Gasteiger partial charge in [0.05, 0.1) is 10.6 Å². The lowest BCUT2D eigenvalue weighted by molar-refractivity contribution is 0.0949. The van der Waals surface area contributed by atoms with E-state index >= 15 is 0 Å². The molecule has 1 heterocycles. The lowest BCUT2D eigenvalue weighted by Gasteiger charge is -2.26. The van der Waals surface area contributed by atoms with Crippen LogP contribution in [0.4, 0.5) is 5.69 Å². The summed E-state index contributed by atoms with van der Waals surface area (Å²) >= 11 is 7.98. The van der Waals surface area contributed by atoms with Gasteiger partial charge in [-0.3, -0.25) is 9.69 Å². The van der Waals surface area contributed by atoms with Crippen molar-refractivity contribution in [2.45, 2.75) is 0 Å². The minimum absolute atomic E-state index is 0.142. The number of nitrogens with two attached hydrogens (primary N) is 1. The molecule has 0 bridgehead atoms. The van der Waals surface area contributed by atoms with Gasteiger partial charge in [0, 0.05) is 43.4 Å². The zero-order valence-electron chi connectivity index (χ0n) is 10.7. The van der Waals surface area contributed by atoms with Gasteiger partial charge in [-0.2, -0.15) is 11.8 Å². The molecule has 1 aliphatic heterocycles. The third-order valence-corrected chi connectivity index (χ3v) is 4.31. The van der Waals surface area contributed by atoms with Crippen LogP contribution >= 0.6 is 23.4 Å². The molecule has 19 heavy (non-hydrogen) atoms. The molecule has 0 radical (unpaired) electrons. The van der Waals surface area contributed by atoms with Gasteiger partial charge in [-0.25, -0.2) is 0 Å². The molecule has 104 valence electrons. The number of benzene rings is 1. The van der Waals surface area contributed by atoms with Crippen LogP contribution in [0.5, 0.6) is 0 Å². The van der Waals surface area contributed by atoms with E-state index < -0.39 is 0 Å². The summed E-state index contributed by atoms with van der Waals surface area (Å²) in [5.41, 5.74) is 6.64. The van der Waals surface area contributed by atoms with E-state index in [1.165, 1.54) is 11.5 Å². The average molecular weight is 300 g/mol. The van der Waals surface area contributed by atoms with E-state index in [9.17, 15) is 4.79 Å². The fourth-order valence-electron chi connectivity index (χ4n) is 1.96. The summed E-state index contributed by atoms with van der Waals surface area (Å²) < 4.78 is 0. The number of nitrogen functional groups attached to an aromatic ring is 1. The van der Waals surface area contributed by atoms with E-state index in [-0.39, 0.29) is 5.91 Å². The lowest BCUT2D eigenvalue weighted by atomic mass is 10.2. The molecular weight excluding hydrogens is 282 g/mol. The van der Waals surface area contributed by atoms with Gasteiger partial charge in [0.25, 0.3) is 5.91 Å². The number of thioether (sulfide) groups is 1. The predicted molar refractivity (Wildman–Crippen MR) is 82.0 cm³/mol. The molecule has 0 aromatic heterocycles. The van der Waals surface area contributed by atoms with Crippen LogP contribution in [0, 0.1) is 0 Å². The monoisotopic (exact) mass is 299 g/mol. The number of hydrogen-bond acceptors (Lipinski definition) is 4. The Bertz CT molecular complexity index is 450. The van der Waals surface area contributed by atoms with E-state index in [0.29, 0.717) is 22.8 Å². The number of nitrogens with zero attached hydrogens (tertiary/aromatic N) is 1. The average Bonchev–Trinajstić information content (AvgIpc) is 2.39. The molecule has 1 aromatic rings. The van der Waals surface area contributed by atoms with Crippen LogP contribution in [-0.2, 0) is 0 Å². The van der Waals surface area contributed by atoms with Crippen molar-refractivity contribution in [2.24, 2.45) is 0 Å². The quantitative estimate of drug-likeness (QED) is 0.831. The molecule has 0 saturated carbocycles. The van der Waals surface area contributed by atoms with Crippen molar-refractivity contribution in [3.05, 3.63) is 28.8 Å². The Balaban J connectivity index is 1.80. The minimum Gasteiger partial charge on any atom is -0.399 e. The number of anilines is 1. The smallest absolute Gasteiger partial charge is 0.252 e. The highest BCUT2D eigenvalue weighted by Crippen LogP contribution is 2.18. The number of amides is 1. The molecule has 0 unspecified atom stereocenters. The van der Waals surface area contributed by atoms with Crippen molar-refractivity contribution >= 4 is 35.0 Å². The zero-order valence-corrected chi connectivity index (χ0v) is 12.3. The van der Waals surface area contributed by atoms with Crippen LogP contribution in [0.15, 0.2) is 18.2 Å². The van der Waals surface area contributed by atoms with Gasteiger partial charge in [0.1, 0.15) is 0 Å². The summed E-state index contributed by atoms with van der Waals surface area (Å²) in [7, 11) is 0. The summed E-state index contributed by atoms with van der Waals surface area (Å²) in [6.45, 7) is 3.73. The zero-order chi connectivity index (χ0) is 13.7. The van der Waals surface area contributed by atoms with Crippen LogP contribution in [0.25, 0.3) is 0 Å². The van der Waals surface area contributed by atoms with Crippen molar-refractivity contribution in [1.29, 1.82) is 0 Å². The largest absolute Gasteiger partial charge is 0.399 e. The molecule has 1 aliphatic rings. The standard InChI is InChI=1S/C13H18ClN3OS/c14-12-9-10(15)1-2-11(12)13(18)16-3-4-17-5-7-19-8-6-17/h1-2,9H,3-8,15H2,(H,16,18). The number of nitrogens with one attached hydrogen (secondary N) is 1. The Labute approximate surface area is 122 Å². The molecular formula is C13H18ClN3OS. The highest BCUT2D eigenvalue weighted by Gasteiger charge is 2.12. The van der Waals surface area contributed by atoms with Gasteiger partial charge < -0.3 is 11.1 Å². The molecule has 4 nitrogen and oxygen atoms in total. The fraction of sp³-hybridized carbons (Fsp3) is 0.462. The minimum atomic E-state index is -0.142. The Kier molecular flexibility index (Phi) is 5.36. The summed E-state index contributed by atoms with van der Waals surface area (Å²) in [6.07, 6.45) is 0. The predicted octanol–water partition coefficient (Wildman–Crippen LogP) is 1.70. The Morgan fingerprint density at radius 1 is 1.42 bits per heavy atom. The number of carbonyl (C=O) groups excluding carboxylic acids is 1. The first-order valence-electron chi connectivity index (χ1n) is 6.30. The van der Waals surface area contributed by atoms with Crippen LogP contribution in [0.1, 0.15) is 10.4 Å². The second-order valence-corrected chi connectivity index (χ2v) is 6.08. The Morgan fingerprint density at radius 2 is 2.16 bits per heavy atom. The van der Waals surface area contributed by atoms with Gasteiger partial charge in [-0.1, -0.05) is 11.6 Å². The molecule has 0 atom stereocenters. The van der Waals surface area contributed by atoms with Gasteiger partial charge in [0.15, 0.2) is 0 Å². The maximum Gasteiger partial charge on any atom is 0.252 e. The third-order valence-electron chi connectivity index (χ3n) is 3.06. The molecule has 0 aliphatic carbocycles. The van der Waals surface area contributed by atoms with Gasteiger partial charge in [-0.05, 0) is 18.2 Å². The SMILES string of the molecule is Nc1ccc(C(=O)NCCN2CCSCC2)c(Cl)c1. The number of hydrogen-bond donors (Lipinski definition) is 2. The van der Waals surface area contributed by atoms with E-state index in [1.54, 1.807) is 18.2 Å². The lowest BCUT2D eigenvalue weighted by Crippen LogP contribution is -2.39. The van der Waals surface area contributed by atoms with Gasteiger partial charge >= 0.3 is 0 Å². The summed E-state index contributed by atoms with van der Waals surface area (Å²) in [5.74, 6) is 2.21. The fourth-order valence-corrected chi connectivity index (χ4v) is 3.22. The van der Waals surface area contributed by atoms with Gasteiger partial charge in [0.2, 0.25) is 0 Å². The molecule has 3 N–H and O–H groups in total. The van der Waals surface area contributed by atoms with Crippen LogP contribution < -0.4 is 11.1 Å². The maximum atomic E-state index is 12.0. The third kappa shape index (κ3) is 4.30. The molecule has 0 spiro atoms. The Morgan fingerprint density at radius 3 is 2.84 bits per heavy atom. The molecule has 1 fully saturated rings. The van der Waals surface area contributed by atoms with Crippen molar-refractivity contribution in [2.75, 3.05) is 43.4 Å². The first kappa shape index (κ1) is 14.5. The molecule has 1 aromatic carbocycles. The first-order valence-corrected chi connectivity index (χ1v) is 7.83. The number of halogens is 1. The highest BCUT2D eigenvalue weighted by molar-refractivity contribution is 7.99. The number of rotatable bonds is 4. The molecule has 1 saturated heterocycles. The normalized spacial score (nSPS) is 16.3.